The van der Waals surface area contributed by atoms with E-state index in [4.69, 9.17) is 4.74 Å². The molecule has 1 aromatic carbocycles. The van der Waals surface area contributed by atoms with Crippen molar-refractivity contribution in [1.29, 1.82) is 0 Å². The standard InChI is InChI=1S/C16H15NO4/c18-14-13-12(15(19)20)11-6-7-16(13,21-11)9-17(14)8-10-4-2-1-3-5-10/h1-7,11-13H,8-9H2,(H,19,20)/t11-,12-,13+,16-/m0/s1. The second-order valence-corrected chi connectivity index (χ2v) is 5.92. The van der Waals surface area contributed by atoms with Crippen LogP contribution < -0.4 is 0 Å². The number of hydrogen-bond acceptors (Lipinski definition) is 3. The van der Waals surface area contributed by atoms with Gasteiger partial charge in [-0.25, -0.2) is 0 Å². The van der Waals surface area contributed by atoms with Crippen LogP contribution >= 0.6 is 0 Å². The number of rotatable bonds is 3. The molecular formula is C16H15NO4. The van der Waals surface area contributed by atoms with E-state index in [9.17, 15) is 14.7 Å². The zero-order valence-corrected chi connectivity index (χ0v) is 11.3. The largest absolute Gasteiger partial charge is 0.481 e. The summed E-state index contributed by atoms with van der Waals surface area (Å²) in [4.78, 5) is 25.8. The maximum absolute atomic E-state index is 12.6. The molecule has 1 aromatic rings. The van der Waals surface area contributed by atoms with Crippen LogP contribution in [0.25, 0.3) is 0 Å². The lowest BCUT2D eigenvalue weighted by molar-refractivity contribution is -0.148. The van der Waals surface area contributed by atoms with Gasteiger partial charge in [0.25, 0.3) is 0 Å². The molecule has 0 unspecified atom stereocenters. The second kappa shape index (κ2) is 4.18. The van der Waals surface area contributed by atoms with Gasteiger partial charge < -0.3 is 14.7 Å². The highest BCUT2D eigenvalue weighted by Crippen LogP contribution is 2.52. The third-order valence-electron chi connectivity index (χ3n) is 4.68. The molecule has 2 bridgehead atoms. The van der Waals surface area contributed by atoms with Gasteiger partial charge in [0.1, 0.15) is 11.5 Å². The molecule has 0 aromatic heterocycles. The fourth-order valence-electron chi connectivity index (χ4n) is 3.80. The van der Waals surface area contributed by atoms with E-state index in [1.54, 1.807) is 11.0 Å². The molecule has 3 aliphatic rings. The van der Waals surface area contributed by atoms with Crippen LogP contribution in [-0.4, -0.2) is 40.1 Å². The average molecular weight is 285 g/mol. The molecule has 2 fully saturated rings. The Hall–Kier alpha value is -2.14. The number of nitrogens with zero attached hydrogens (tertiary/aromatic N) is 1. The van der Waals surface area contributed by atoms with Crippen molar-refractivity contribution in [2.75, 3.05) is 6.54 Å². The van der Waals surface area contributed by atoms with E-state index in [0.29, 0.717) is 13.1 Å². The molecular weight excluding hydrogens is 270 g/mol. The number of carboxylic acids is 1. The summed E-state index contributed by atoms with van der Waals surface area (Å²) in [6, 6.07) is 9.70. The number of ether oxygens (including phenoxy) is 1. The molecule has 1 N–H and O–H groups in total. The molecule has 1 amide bonds. The van der Waals surface area contributed by atoms with E-state index in [1.807, 2.05) is 36.4 Å². The van der Waals surface area contributed by atoms with E-state index < -0.39 is 29.5 Å². The predicted molar refractivity (Wildman–Crippen MR) is 73.2 cm³/mol. The van der Waals surface area contributed by atoms with Gasteiger partial charge in [-0.2, -0.15) is 0 Å². The van der Waals surface area contributed by atoms with Crippen LogP contribution in [0, 0.1) is 11.8 Å². The zero-order chi connectivity index (χ0) is 14.6. The van der Waals surface area contributed by atoms with Crippen LogP contribution in [0.4, 0.5) is 0 Å². The Morgan fingerprint density at radius 1 is 1.38 bits per heavy atom. The number of carbonyl (C=O) groups is 2. The first-order valence-corrected chi connectivity index (χ1v) is 7.03. The van der Waals surface area contributed by atoms with Crippen LogP contribution in [0.5, 0.6) is 0 Å². The van der Waals surface area contributed by atoms with Gasteiger partial charge in [0, 0.05) is 6.54 Å². The first-order valence-electron chi connectivity index (χ1n) is 7.03. The molecule has 21 heavy (non-hydrogen) atoms. The van der Waals surface area contributed by atoms with Crippen molar-refractivity contribution in [2.24, 2.45) is 11.8 Å². The van der Waals surface area contributed by atoms with Crippen LogP contribution in [0.3, 0.4) is 0 Å². The van der Waals surface area contributed by atoms with Crippen LogP contribution in [0.15, 0.2) is 42.5 Å². The molecule has 3 aliphatic heterocycles. The summed E-state index contributed by atoms with van der Waals surface area (Å²) in [5.74, 6) is -2.42. The van der Waals surface area contributed by atoms with Crippen molar-refractivity contribution in [3.63, 3.8) is 0 Å². The predicted octanol–water partition coefficient (Wildman–Crippen LogP) is 1.05. The first kappa shape index (κ1) is 12.6. The summed E-state index contributed by atoms with van der Waals surface area (Å²) in [6.45, 7) is 0.925. The molecule has 1 spiro atoms. The average Bonchev–Trinajstić information content (AvgIpc) is 3.09. The third-order valence-corrected chi connectivity index (χ3v) is 4.68. The van der Waals surface area contributed by atoms with Crippen LogP contribution in [-0.2, 0) is 20.9 Å². The Bertz CT molecular complexity index is 641. The normalized spacial score (nSPS) is 36.3. The third kappa shape index (κ3) is 1.67. The van der Waals surface area contributed by atoms with Crippen molar-refractivity contribution in [1.82, 2.24) is 4.90 Å². The zero-order valence-electron chi connectivity index (χ0n) is 11.3. The molecule has 5 heteroatoms. The maximum Gasteiger partial charge on any atom is 0.310 e. The van der Waals surface area contributed by atoms with Gasteiger partial charge in [0.2, 0.25) is 5.91 Å². The molecule has 4 rings (SSSR count). The molecule has 0 saturated carbocycles. The SMILES string of the molecule is O=C(O)[C@H]1[C@@H]2C=C[C@@]3(CN(Cc4ccccc4)C(=O)[C@@H]13)O2. The maximum atomic E-state index is 12.6. The Labute approximate surface area is 121 Å². The minimum atomic E-state index is -0.953. The van der Waals surface area contributed by atoms with E-state index in [-0.39, 0.29) is 5.91 Å². The van der Waals surface area contributed by atoms with Crippen molar-refractivity contribution < 1.29 is 19.4 Å². The lowest BCUT2D eigenvalue weighted by atomic mass is 9.77. The number of carbonyl (C=O) groups excluding carboxylic acids is 1. The lowest BCUT2D eigenvalue weighted by Crippen LogP contribution is -2.39. The summed E-state index contributed by atoms with van der Waals surface area (Å²) < 4.78 is 5.84. The number of likely N-dealkylation sites (tertiary alicyclic amines) is 1. The second-order valence-electron chi connectivity index (χ2n) is 5.92. The number of carboxylic acid groups (broad SMARTS) is 1. The quantitative estimate of drug-likeness (QED) is 0.843. The fraction of sp³-hybridized carbons (Fsp3) is 0.375. The van der Waals surface area contributed by atoms with Crippen molar-refractivity contribution >= 4 is 11.9 Å². The van der Waals surface area contributed by atoms with E-state index >= 15 is 0 Å². The smallest absolute Gasteiger partial charge is 0.310 e. The van der Waals surface area contributed by atoms with E-state index in [2.05, 4.69) is 0 Å². The molecule has 0 radical (unpaired) electrons. The Morgan fingerprint density at radius 3 is 2.86 bits per heavy atom. The summed E-state index contributed by atoms with van der Waals surface area (Å²) in [5.41, 5.74) is 0.298. The molecule has 3 heterocycles. The lowest BCUT2D eigenvalue weighted by Gasteiger charge is -2.21. The Morgan fingerprint density at radius 2 is 2.14 bits per heavy atom. The van der Waals surface area contributed by atoms with Gasteiger partial charge in [0.15, 0.2) is 0 Å². The number of fused-ring (bicyclic) bond motifs is 1. The van der Waals surface area contributed by atoms with Gasteiger partial charge in [-0.3, -0.25) is 9.59 Å². The molecule has 0 aliphatic carbocycles. The highest BCUT2D eigenvalue weighted by atomic mass is 16.5. The van der Waals surface area contributed by atoms with Gasteiger partial charge in [-0.1, -0.05) is 42.5 Å². The highest BCUT2D eigenvalue weighted by molar-refractivity contribution is 5.90. The number of amides is 1. The summed E-state index contributed by atoms with van der Waals surface area (Å²) in [7, 11) is 0. The Kier molecular flexibility index (Phi) is 2.50. The van der Waals surface area contributed by atoms with Crippen LogP contribution in [0.1, 0.15) is 5.56 Å². The van der Waals surface area contributed by atoms with Gasteiger partial charge in [-0.15, -0.1) is 0 Å². The first-order chi connectivity index (χ1) is 10.1. The van der Waals surface area contributed by atoms with Crippen LogP contribution in [0.2, 0.25) is 0 Å². The molecule has 4 atom stereocenters. The molecule has 2 saturated heterocycles. The van der Waals surface area contributed by atoms with Gasteiger partial charge >= 0.3 is 5.97 Å². The fourth-order valence-corrected chi connectivity index (χ4v) is 3.80. The Balaban J connectivity index is 1.63. The monoisotopic (exact) mass is 285 g/mol. The van der Waals surface area contributed by atoms with Crippen molar-refractivity contribution in [3.8, 4) is 0 Å². The minimum absolute atomic E-state index is 0.113. The topological polar surface area (TPSA) is 66.8 Å². The van der Waals surface area contributed by atoms with Crippen molar-refractivity contribution in [2.45, 2.75) is 18.2 Å². The summed E-state index contributed by atoms with van der Waals surface area (Å²) in [6.07, 6.45) is 3.20. The number of aliphatic carboxylic acids is 1. The summed E-state index contributed by atoms with van der Waals surface area (Å²) in [5, 5.41) is 9.39. The minimum Gasteiger partial charge on any atom is -0.481 e. The molecule has 5 nitrogen and oxygen atoms in total. The molecule has 108 valence electrons. The van der Waals surface area contributed by atoms with Gasteiger partial charge in [0.05, 0.1) is 18.6 Å². The van der Waals surface area contributed by atoms with E-state index in [0.717, 1.165) is 5.56 Å². The number of benzene rings is 1. The van der Waals surface area contributed by atoms with Crippen molar-refractivity contribution in [3.05, 3.63) is 48.0 Å². The van der Waals surface area contributed by atoms with E-state index in [1.165, 1.54) is 0 Å². The highest BCUT2D eigenvalue weighted by Gasteiger charge is 2.66. The summed E-state index contributed by atoms with van der Waals surface area (Å²) >= 11 is 0. The number of hydrogen-bond donors (Lipinski definition) is 1. The van der Waals surface area contributed by atoms with Gasteiger partial charge in [-0.05, 0) is 5.56 Å².